The first-order valence-electron chi connectivity index (χ1n) is 20.2. The molecule has 0 aliphatic carbocycles. The Balaban J connectivity index is 0.983. The minimum Gasteiger partial charge on any atom is -0.0622 e. The first-order valence-corrected chi connectivity index (χ1v) is 20.2. The Morgan fingerprint density at radius 2 is 0.448 bits per heavy atom. The van der Waals surface area contributed by atoms with E-state index in [1.54, 1.807) is 0 Å². The van der Waals surface area contributed by atoms with Crippen molar-refractivity contribution >= 4 is 0 Å². The van der Waals surface area contributed by atoms with E-state index in [2.05, 4.69) is 234 Å². The van der Waals surface area contributed by atoms with Crippen LogP contribution >= 0.6 is 0 Å². The molecule has 0 aromatic heterocycles. The van der Waals surface area contributed by atoms with E-state index in [0.29, 0.717) is 0 Å². The minimum absolute atomic E-state index is 1.22. The Kier molecular flexibility index (Phi) is 10.0. The second-order valence-corrected chi connectivity index (χ2v) is 15.6. The smallest absolute Gasteiger partial charge is 0.0105 e. The maximum atomic E-state index is 2.35. The van der Waals surface area contributed by atoms with Crippen molar-refractivity contribution in [3.05, 3.63) is 229 Å². The zero-order valence-electron chi connectivity index (χ0n) is 33.6. The Hall–Kier alpha value is -7.02. The maximum absolute atomic E-state index is 2.35. The van der Waals surface area contributed by atoms with Crippen LogP contribution in [0.25, 0.3) is 89.0 Å². The van der Waals surface area contributed by atoms with Crippen LogP contribution in [0, 0.1) is 27.7 Å². The van der Waals surface area contributed by atoms with Crippen LogP contribution in [0.5, 0.6) is 0 Å². The van der Waals surface area contributed by atoms with Crippen molar-refractivity contribution in [2.24, 2.45) is 0 Å². The van der Waals surface area contributed by atoms with Gasteiger partial charge in [-0.1, -0.05) is 188 Å². The number of hydrogen-bond donors (Lipinski definition) is 0. The van der Waals surface area contributed by atoms with Gasteiger partial charge in [-0.3, -0.25) is 0 Å². The molecule has 0 nitrogen and oxygen atoms in total. The van der Waals surface area contributed by atoms with Crippen molar-refractivity contribution < 1.29 is 0 Å². The molecule has 0 heteroatoms. The molecule has 58 heavy (non-hydrogen) atoms. The quantitative estimate of drug-likeness (QED) is 0.145. The van der Waals surface area contributed by atoms with Gasteiger partial charge in [0, 0.05) is 0 Å². The first-order chi connectivity index (χ1) is 28.4. The highest BCUT2D eigenvalue weighted by molar-refractivity contribution is 5.87. The van der Waals surface area contributed by atoms with Crippen molar-refractivity contribution in [1.29, 1.82) is 0 Å². The number of rotatable bonds is 8. The third kappa shape index (κ3) is 7.34. The molecule has 0 bridgehead atoms. The SMILES string of the molecule is Cc1cc(-c2cc(-c3ccccc3)cc(-c3ccccc3)c2)ccc1-c1ccc(-c2ccc(-c3ccc(-c4ccccc4-c4ccccc4)cc3C)c(C)c2)cc1C. The fourth-order valence-electron chi connectivity index (χ4n) is 8.56. The molecule has 0 aliphatic heterocycles. The van der Waals surface area contributed by atoms with Crippen molar-refractivity contribution in [2.45, 2.75) is 27.7 Å². The van der Waals surface area contributed by atoms with Gasteiger partial charge in [-0.15, -0.1) is 0 Å². The number of aryl methyl sites for hydroxylation is 4. The summed E-state index contributed by atoms with van der Waals surface area (Å²) in [4.78, 5) is 0. The monoisotopic (exact) mass is 742 g/mol. The number of hydrogen-bond acceptors (Lipinski definition) is 0. The highest BCUT2D eigenvalue weighted by Crippen LogP contribution is 2.39. The molecule has 0 saturated heterocycles. The third-order valence-corrected chi connectivity index (χ3v) is 11.6. The zero-order chi connectivity index (χ0) is 39.6. The van der Waals surface area contributed by atoms with Gasteiger partial charge in [0.1, 0.15) is 0 Å². The molecule has 278 valence electrons. The molecular weight excluding hydrogens is 697 g/mol. The molecular formula is C58H46. The Bertz CT molecular complexity index is 2840. The number of benzene rings is 9. The van der Waals surface area contributed by atoms with Gasteiger partial charge in [-0.05, 0) is 157 Å². The van der Waals surface area contributed by atoms with E-state index >= 15 is 0 Å². The lowest BCUT2D eigenvalue weighted by Crippen LogP contribution is -1.92. The predicted molar refractivity (Wildman–Crippen MR) is 249 cm³/mol. The third-order valence-electron chi connectivity index (χ3n) is 11.6. The maximum Gasteiger partial charge on any atom is -0.0105 e. The molecule has 0 unspecified atom stereocenters. The van der Waals surface area contributed by atoms with Gasteiger partial charge < -0.3 is 0 Å². The fraction of sp³-hybridized carbons (Fsp3) is 0.0690. The average Bonchev–Trinajstić information content (AvgIpc) is 3.27. The van der Waals surface area contributed by atoms with Gasteiger partial charge in [0.25, 0.3) is 0 Å². The van der Waals surface area contributed by atoms with Crippen LogP contribution in [0.1, 0.15) is 22.3 Å². The second kappa shape index (κ2) is 15.8. The lowest BCUT2D eigenvalue weighted by molar-refractivity contribution is 1.39. The Morgan fingerprint density at radius 3 is 0.828 bits per heavy atom. The molecule has 0 aliphatic rings. The van der Waals surface area contributed by atoms with E-state index in [-0.39, 0.29) is 0 Å². The molecule has 0 atom stereocenters. The molecule has 0 amide bonds. The summed E-state index contributed by atoms with van der Waals surface area (Å²) in [5.41, 5.74) is 25.0. The summed E-state index contributed by atoms with van der Waals surface area (Å²) >= 11 is 0. The molecule has 0 saturated carbocycles. The van der Waals surface area contributed by atoms with Crippen LogP contribution in [0.3, 0.4) is 0 Å². The lowest BCUT2D eigenvalue weighted by atomic mass is 9.88. The summed E-state index contributed by atoms with van der Waals surface area (Å²) in [6.07, 6.45) is 0. The van der Waals surface area contributed by atoms with Gasteiger partial charge >= 0.3 is 0 Å². The Morgan fingerprint density at radius 1 is 0.172 bits per heavy atom. The second-order valence-electron chi connectivity index (χ2n) is 15.6. The minimum atomic E-state index is 1.22. The zero-order valence-corrected chi connectivity index (χ0v) is 33.6. The summed E-state index contributed by atoms with van der Waals surface area (Å²) in [5, 5.41) is 0. The average molecular weight is 743 g/mol. The van der Waals surface area contributed by atoms with Crippen LogP contribution in [-0.4, -0.2) is 0 Å². The molecule has 0 spiro atoms. The Labute approximate surface area is 343 Å². The summed E-state index contributed by atoms with van der Waals surface area (Å²) in [5.74, 6) is 0. The summed E-state index contributed by atoms with van der Waals surface area (Å²) < 4.78 is 0. The largest absolute Gasteiger partial charge is 0.0622 e. The standard InChI is InChI=1S/C58H46/c1-39-32-46(47-25-29-54(40(2)33-47)56-31-27-49(35-42(56)4)58-23-15-14-22-57(58)45-20-12-7-13-21-45)24-28-53(39)55-30-26-48(34-41(55)3)52-37-50(43-16-8-5-9-17-43)36-51(38-52)44-18-10-6-11-19-44/h5-38H,1-4H3. The van der Waals surface area contributed by atoms with Crippen molar-refractivity contribution in [1.82, 2.24) is 0 Å². The van der Waals surface area contributed by atoms with Crippen LogP contribution in [0.15, 0.2) is 206 Å². The van der Waals surface area contributed by atoms with Gasteiger partial charge in [0.15, 0.2) is 0 Å². The van der Waals surface area contributed by atoms with Gasteiger partial charge in [0.05, 0.1) is 0 Å². The molecule has 9 aromatic rings. The van der Waals surface area contributed by atoms with Gasteiger partial charge in [0.2, 0.25) is 0 Å². The van der Waals surface area contributed by atoms with Gasteiger partial charge in [-0.25, -0.2) is 0 Å². The van der Waals surface area contributed by atoms with Crippen LogP contribution in [0.2, 0.25) is 0 Å². The highest BCUT2D eigenvalue weighted by atomic mass is 14.2. The molecule has 0 N–H and O–H groups in total. The lowest BCUT2D eigenvalue weighted by Gasteiger charge is -2.16. The molecule has 9 rings (SSSR count). The van der Waals surface area contributed by atoms with E-state index in [4.69, 9.17) is 0 Å². The van der Waals surface area contributed by atoms with Crippen molar-refractivity contribution in [3.8, 4) is 89.0 Å². The van der Waals surface area contributed by atoms with Crippen LogP contribution < -0.4 is 0 Å². The molecule has 0 radical (unpaired) electrons. The highest BCUT2D eigenvalue weighted by Gasteiger charge is 2.14. The van der Waals surface area contributed by atoms with E-state index < -0.39 is 0 Å². The van der Waals surface area contributed by atoms with Gasteiger partial charge in [-0.2, -0.15) is 0 Å². The van der Waals surface area contributed by atoms with E-state index in [1.165, 1.54) is 111 Å². The summed E-state index contributed by atoms with van der Waals surface area (Å²) in [7, 11) is 0. The topological polar surface area (TPSA) is 0 Å². The fourth-order valence-corrected chi connectivity index (χ4v) is 8.56. The molecule has 0 fully saturated rings. The van der Waals surface area contributed by atoms with Crippen LogP contribution in [0.4, 0.5) is 0 Å². The van der Waals surface area contributed by atoms with Crippen molar-refractivity contribution in [2.75, 3.05) is 0 Å². The van der Waals surface area contributed by atoms with Crippen LogP contribution in [-0.2, 0) is 0 Å². The van der Waals surface area contributed by atoms with Crippen molar-refractivity contribution in [3.63, 3.8) is 0 Å². The van der Waals surface area contributed by atoms with E-state index in [9.17, 15) is 0 Å². The molecule has 0 heterocycles. The predicted octanol–water partition coefficient (Wildman–Crippen LogP) is 16.3. The normalized spacial score (nSPS) is 11.1. The summed E-state index contributed by atoms with van der Waals surface area (Å²) in [6, 6.07) is 75.4. The first kappa shape index (κ1) is 36.6. The summed E-state index contributed by atoms with van der Waals surface area (Å²) in [6.45, 7) is 8.95. The van der Waals surface area contributed by atoms with E-state index in [0.717, 1.165) is 0 Å². The van der Waals surface area contributed by atoms with E-state index in [1.807, 2.05) is 0 Å². The molecule has 9 aromatic carbocycles.